The molecule has 128 valence electrons. The van der Waals surface area contributed by atoms with E-state index in [1.165, 1.54) is 0 Å². The lowest BCUT2D eigenvalue weighted by atomic mass is 9.99. The Kier molecular flexibility index (Phi) is 6.98. The molecule has 0 aromatic heterocycles. The number of hydrogen-bond donors (Lipinski definition) is 0. The van der Waals surface area contributed by atoms with E-state index in [-0.39, 0.29) is 12.2 Å². The van der Waals surface area contributed by atoms with Crippen molar-refractivity contribution in [3.63, 3.8) is 0 Å². The zero-order valence-corrected chi connectivity index (χ0v) is 13.8. The highest BCUT2D eigenvalue weighted by Crippen LogP contribution is 2.24. The molecule has 0 unspecified atom stereocenters. The van der Waals surface area contributed by atoms with Crippen LogP contribution < -0.4 is 0 Å². The van der Waals surface area contributed by atoms with Crippen LogP contribution in [0.15, 0.2) is 30.3 Å². The van der Waals surface area contributed by atoms with Crippen molar-refractivity contribution >= 4 is 5.97 Å². The first-order valence-corrected chi connectivity index (χ1v) is 7.72. The smallest absolute Gasteiger partial charge is 0.338 e. The van der Waals surface area contributed by atoms with Gasteiger partial charge in [-0.15, -0.1) is 0 Å². The Morgan fingerprint density at radius 2 is 1.91 bits per heavy atom. The van der Waals surface area contributed by atoms with Crippen LogP contribution in [-0.4, -0.2) is 64.4 Å². The van der Waals surface area contributed by atoms with Gasteiger partial charge in [-0.05, 0) is 19.1 Å². The van der Waals surface area contributed by atoms with Gasteiger partial charge in [0.25, 0.3) is 0 Å². The predicted molar refractivity (Wildman–Crippen MR) is 83.5 cm³/mol. The molecule has 6 nitrogen and oxygen atoms in total. The highest BCUT2D eigenvalue weighted by atomic mass is 16.6. The van der Waals surface area contributed by atoms with E-state index in [0.29, 0.717) is 25.4 Å². The molecule has 0 spiro atoms. The van der Waals surface area contributed by atoms with Crippen molar-refractivity contribution in [2.75, 3.05) is 34.0 Å². The van der Waals surface area contributed by atoms with Crippen molar-refractivity contribution in [2.45, 2.75) is 31.3 Å². The standard InChI is InChI=1S/C17H24O6/c1-4-21-10-14-16(15(20-3)13(19-2)11-22-14)23-17(18)12-8-6-5-7-9-12/h5-9,13-16H,4,10-11H2,1-3H3/t13-,14+,15+,16+/m0/s1. The molecule has 1 fully saturated rings. The van der Waals surface area contributed by atoms with Crippen molar-refractivity contribution in [2.24, 2.45) is 0 Å². The average molecular weight is 324 g/mol. The van der Waals surface area contributed by atoms with Gasteiger partial charge in [-0.25, -0.2) is 4.79 Å². The molecule has 2 rings (SSSR count). The molecule has 0 aliphatic carbocycles. The Hall–Kier alpha value is -1.47. The van der Waals surface area contributed by atoms with Crippen molar-refractivity contribution in [3.8, 4) is 0 Å². The lowest BCUT2D eigenvalue weighted by Gasteiger charge is -2.40. The minimum atomic E-state index is -0.599. The summed E-state index contributed by atoms with van der Waals surface area (Å²) < 4.78 is 27.8. The minimum Gasteiger partial charge on any atom is -0.453 e. The molecule has 0 radical (unpaired) electrons. The summed E-state index contributed by atoms with van der Waals surface area (Å²) in [6.45, 7) is 3.16. The summed E-state index contributed by atoms with van der Waals surface area (Å²) in [7, 11) is 3.15. The number of benzene rings is 1. The Morgan fingerprint density at radius 1 is 1.17 bits per heavy atom. The van der Waals surface area contributed by atoms with Gasteiger partial charge < -0.3 is 23.7 Å². The van der Waals surface area contributed by atoms with Crippen LogP contribution in [0.3, 0.4) is 0 Å². The number of esters is 1. The van der Waals surface area contributed by atoms with Crippen LogP contribution in [0.1, 0.15) is 17.3 Å². The number of hydrogen-bond acceptors (Lipinski definition) is 6. The SMILES string of the molecule is CCOC[C@H]1OC[C@H](OC)[C@@H](OC)[C@@H]1OC(=O)c1ccccc1. The summed E-state index contributed by atoms with van der Waals surface area (Å²) in [5.74, 6) is -0.417. The molecule has 1 aliphatic heterocycles. The topological polar surface area (TPSA) is 63.2 Å². The van der Waals surface area contributed by atoms with E-state index in [0.717, 1.165) is 0 Å². The fraction of sp³-hybridized carbons (Fsp3) is 0.588. The van der Waals surface area contributed by atoms with Gasteiger partial charge in [0.05, 0.1) is 18.8 Å². The molecule has 4 atom stereocenters. The van der Waals surface area contributed by atoms with E-state index in [1.807, 2.05) is 13.0 Å². The highest BCUT2D eigenvalue weighted by molar-refractivity contribution is 5.89. The maximum absolute atomic E-state index is 12.4. The van der Waals surface area contributed by atoms with Gasteiger partial charge in [0, 0.05) is 20.8 Å². The lowest BCUT2D eigenvalue weighted by Crippen LogP contribution is -2.57. The monoisotopic (exact) mass is 324 g/mol. The van der Waals surface area contributed by atoms with Crippen LogP contribution >= 0.6 is 0 Å². The number of methoxy groups -OCH3 is 2. The van der Waals surface area contributed by atoms with Gasteiger partial charge in [-0.3, -0.25) is 0 Å². The summed E-state index contributed by atoms with van der Waals surface area (Å²) in [6.07, 6.45) is -1.70. The first-order chi connectivity index (χ1) is 11.2. The summed E-state index contributed by atoms with van der Waals surface area (Å²) in [6, 6.07) is 8.84. The van der Waals surface area contributed by atoms with Gasteiger partial charge in [0.2, 0.25) is 0 Å². The van der Waals surface area contributed by atoms with E-state index >= 15 is 0 Å². The van der Waals surface area contributed by atoms with Crippen LogP contribution in [0, 0.1) is 0 Å². The van der Waals surface area contributed by atoms with Crippen LogP contribution in [0.2, 0.25) is 0 Å². The summed E-state index contributed by atoms with van der Waals surface area (Å²) in [5, 5.41) is 0. The molecule has 0 amide bonds. The normalized spacial score (nSPS) is 27.6. The third kappa shape index (κ3) is 4.51. The van der Waals surface area contributed by atoms with Crippen LogP contribution in [0.25, 0.3) is 0 Å². The molecule has 0 bridgehead atoms. The van der Waals surface area contributed by atoms with Gasteiger partial charge in [0.1, 0.15) is 18.3 Å². The predicted octanol–water partition coefficient (Wildman–Crippen LogP) is 1.68. The Morgan fingerprint density at radius 3 is 2.52 bits per heavy atom. The van der Waals surface area contributed by atoms with Crippen molar-refractivity contribution in [3.05, 3.63) is 35.9 Å². The molecular formula is C17H24O6. The molecular weight excluding hydrogens is 300 g/mol. The maximum atomic E-state index is 12.4. The van der Waals surface area contributed by atoms with Crippen molar-refractivity contribution < 1.29 is 28.5 Å². The zero-order chi connectivity index (χ0) is 16.7. The summed E-state index contributed by atoms with van der Waals surface area (Å²) in [4.78, 5) is 12.4. The van der Waals surface area contributed by atoms with Crippen LogP contribution in [-0.2, 0) is 23.7 Å². The first-order valence-electron chi connectivity index (χ1n) is 7.72. The summed E-state index contributed by atoms with van der Waals surface area (Å²) in [5.41, 5.74) is 0.483. The highest BCUT2D eigenvalue weighted by Gasteiger charge is 2.43. The maximum Gasteiger partial charge on any atom is 0.338 e. The molecule has 0 N–H and O–H groups in total. The lowest BCUT2D eigenvalue weighted by molar-refractivity contribution is -0.213. The van der Waals surface area contributed by atoms with Gasteiger partial charge in [0.15, 0.2) is 6.10 Å². The van der Waals surface area contributed by atoms with E-state index in [4.69, 9.17) is 23.7 Å². The van der Waals surface area contributed by atoms with Gasteiger partial charge in [-0.1, -0.05) is 18.2 Å². The molecule has 0 saturated carbocycles. The van der Waals surface area contributed by atoms with Crippen LogP contribution in [0.5, 0.6) is 0 Å². The molecule has 1 aromatic rings. The summed E-state index contributed by atoms with van der Waals surface area (Å²) >= 11 is 0. The number of carbonyl (C=O) groups is 1. The Balaban J connectivity index is 2.14. The molecule has 6 heteroatoms. The molecule has 1 aromatic carbocycles. The van der Waals surface area contributed by atoms with E-state index in [9.17, 15) is 4.79 Å². The molecule has 1 heterocycles. The van der Waals surface area contributed by atoms with Crippen molar-refractivity contribution in [1.82, 2.24) is 0 Å². The van der Waals surface area contributed by atoms with Gasteiger partial charge in [-0.2, -0.15) is 0 Å². The Bertz CT molecular complexity index is 477. The molecule has 1 saturated heterocycles. The second-order valence-corrected chi connectivity index (χ2v) is 5.24. The third-order valence-corrected chi connectivity index (χ3v) is 3.84. The number of carbonyl (C=O) groups excluding carboxylic acids is 1. The van der Waals surface area contributed by atoms with Crippen LogP contribution in [0.4, 0.5) is 0 Å². The second kappa shape index (κ2) is 8.98. The van der Waals surface area contributed by atoms with E-state index < -0.39 is 18.2 Å². The third-order valence-electron chi connectivity index (χ3n) is 3.84. The first kappa shape index (κ1) is 17.9. The Labute approximate surface area is 136 Å². The minimum absolute atomic E-state index is 0.300. The zero-order valence-electron chi connectivity index (χ0n) is 13.8. The van der Waals surface area contributed by atoms with E-state index in [1.54, 1.807) is 38.5 Å². The molecule has 1 aliphatic rings. The number of rotatable bonds is 7. The quantitative estimate of drug-likeness (QED) is 0.711. The largest absolute Gasteiger partial charge is 0.453 e. The molecule has 23 heavy (non-hydrogen) atoms. The van der Waals surface area contributed by atoms with E-state index in [2.05, 4.69) is 0 Å². The van der Waals surface area contributed by atoms with Gasteiger partial charge >= 0.3 is 5.97 Å². The fourth-order valence-corrected chi connectivity index (χ4v) is 2.61. The number of ether oxygens (including phenoxy) is 5. The second-order valence-electron chi connectivity index (χ2n) is 5.24. The average Bonchev–Trinajstić information content (AvgIpc) is 2.60. The fourth-order valence-electron chi connectivity index (χ4n) is 2.61. The van der Waals surface area contributed by atoms with Crippen molar-refractivity contribution in [1.29, 1.82) is 0 Å².